The van der Waals surface area contributed by atoms with E-state index in [0.717, 1.165) is 0 Å². The van der Waals surface area contributed by atoms with Gasteiger partial charge in [-0.25, -0.2) is 0 Å². The minimum Gasteiger partial charge on any atom is -0.406 e. The quantitative estimate of drug-likeness (QED) is 0.336. The van der Waals surface area contributed by atoms with Crippen LogP contribution in [0.1, 0.15) is 0 Å². The predicted molar refractivity (Wildman–Crippen MR) is 14.7 cm³/mol. The van der Waals surface area contributed by atoms with Crippen LogP contribution in [0.15, 0.2) is 6.58 Å². The molecule has 0 amide bonds. The Labute approximate surface area is 41.3 Å². The molecule has 0 N–H and O–H groups in total. The van der Waals surface area contributed by atoms with Crippen LogP contribution in [0.3, 0.4) is 0 Å². The largest absolute Gasteiger partial charge is 1.00 e. The van der Waals surface area contributed by atoms with E-state index in [1.165, 1.54) is 0 Å². The Morgan fingerprint density at radius 2 is 1.75 bits per heavy atom. The van der Waals surface area contributed by atoms with Gasteiger partial charge in [-0.1, -0.05) is 0 Å². The second-order valence-corrected chi connectivity index (χ2v) is 0.401. The number of rotatable bonds is 0. The molecule has 0 spiro atoms. The molecule has 0 aliphatic rings. The molecular formula is C2H2ClCu. The monoisotopic (exact) mass is 124 g/mol. The zero-order valence-electron chi connectivity index (χ0n) is 1.89. The van der Waals surface area contributed by atoms with Gasteiger partial charge in [-0.05, 0) is 0 Å². The molecule has 0 aromatic rings. The van der Waals surface area contributed by atoms with E-state index in [-0.39, 0.29) is 17.1 Å². The molecule has 0 aromatic heterocycles. The first-order chi connectivity index (χ1) is 1.41. The fourth-order valence-corrected chi connectivity index (χ4v) is 0. The van der Waals surface area contributed by atoms with Crippen LogP contribution in [0.4, 0.5) is 0 Å². The van der Waals surface area contributed by atoms with Crippen molar-refractivity contribution in [1.29, 1.82) is 0 Å². The van der Waals surface area contributed by atoms with Gasteiger partial charge in [0.15, 0.2) is 0 Å². The molecule has 0 bridgehead atoms. The molecule has 0 unspecified atom stereocenters. The van der Waals surface area contributed by atoms with Crippen LogP contribution in [-0.4, -0.2) is 0 Å². The first kappa shape index (κ1) is 8.82. The van der Waals surface area contributed by atoms with Gasteiger partial charge in [-0.15, -0.1) is 0 Å². The fourth-order valence-electron chi connectivity index (χ4n) is 0. The van der Waals surface area contributed by atoms with E-state index in [1.54, 1.807) is 0 Å². The average molecular weight is 125 g/mol. The maximum atomic E-state index is 4.64. The minimum atomic E-state index is 0. The molecule has 0 saturated carbocycles. The van der Waals surface area contributed by atoms with Crippen LogP contribution in [0, 0.1) is 5.54 Å². The Morgan fingerprint density at radius 3 is 1.75 bits per heavy atom. The van der Waals surface area contributed by atoms with Crippen molar-refractivity contribution in [3.05, 3.63) is 12.1 Å². The Kier molecular flexibility index (Phi) is 21.2. The predicted octanol–water partition coefficient (Wildman–Crippen LogP) is 1.17. The molecule has 0 aliphatic carbocycles. The molecule has 0 radical (unpaired) electrons. The van der Waals surface area contributed by atoms with Gasteiger partial charge < -0.3 is 17.1 Å². The summed E-state index contributed by atoms with van der Waals surface area (Å²) in [6.45, 7) is 3.00. The zero-order valence-corrected chi connectivity index (χ0v) is 3.58. The number of halogens is 1. The zero-order chi connectivity index (χ0) is 2.71. The number of hydrogen-bond acceptors (Lipinski definition) is 0. The van der Waals surface area contributed by atoms with Crippen LogP contribution in [0.25, 0.3) is 0 Å². The van der Waals surface area contributed by atoms with Crippen LogP contribution in [0.2, 0.25) is 0 Å². The molecule has 0 heterocycles. The van der Waals surface area contributed by atoms with Gasteiger partial charge in [0, 0.05) is 0 Å². The van der Waals surface area contributed by atoms with Crippen molar-refractivity contribution in [1.82, 2.24) is 0 Å². The molecule has 0 nitrogen and oxygen atoms in total. The fraction of sp³-hybridized carbons (Fsp3) is 0. The average Bonchev–Trinajstić information content (AvgIpc) is 0.918. The Balaban J connectivity index is 0. The van der Waals surface area contributed by atoms with Gasteiger partial charge in [0.2, 0.25) is 0 Å². The van der Waals surface area contributed by atoms with Crippen LogP contribution < -0.4 is 0 Å². The van der Waals surface area contributed by atoms with Crippen molar-refractivity contribution in [2.24, 2.45) is 0 Å². The van der Waals surface area contributed by atoms with E-state index in [1.807, 2.05) is 5.54 Å². The second kappa shape index (κ2) is 9.61. The Bertz CT molecular complexity index is 13.5. The normalized spacial score (nSPS) is 3.25. The van der Waals surface area contributed by atoms with E-state index >= 15 is 0 Å². The minimum absolute atomic E-state index is 0. The summed E-state index contributed by atoms with van der Waals surface area (Å²) in [6, 6.07) is 0. The van der Waals surface area contributed by atoms with Crippen molar-refractivity contribution < 1.29 is 17.1 Å². The third-order valence-corrected chi connectivity index (χ3v) is 0. The van der Waals surface area contributed by atoms with Crippen molar-refractivity contribution in [2.75, 3.05) is 0 Å². The summed E-state index contributed by atoms with van der Waals surface area (Å²) in [4.78, 5) is 0. The molecular weight excluding hydrogens is 123 g/mol. The molecule has 4 heavy (non-hydrogen) atoms. The maximum absolute atomic E-state index is 4.64. The molecule has 0 fully saturated rings. The molecule has 2 heteroatoms. The summed E-state index contributed by atoms with van der Waals surface area (Å²) in [5, 5.41) is 0. The van der Waals surface area contributed by atoms with Gasteiger partial charge in [-0.2, -0.15) is 0 Å². The SMILES string of the molecule is C=[C-]Cl.[Cu+]. The van der Waals surface area contributed by atoms with Gasteiger partial charge >= 0.3 is 17.1 Å². The summed E-state index contributed by atoms with van der Waals surface area (Å²) in [5.74, 6) is 0. The molecule has 0 aliphatic heterocycles. The van der Waals surface area contributed by atoms with E-state index in [4.69, 9.17) is 0 Å². The first-order valence-electron chi connectivity index (χ1n) is 0.543. The first-order valence-corrected chi connectivity index (χ1v) is 0.921. The van der Waals surface area contributed by atoms with Crippen LogP contribution in [-0.2, 0) is 17.1 Å². The summed E-state index contributed by atoms with van der Waals surface area (Å²) < 4.78 is 0. The molecule has 0 saturated heterocycles. The Hall–Kier alpha value is 0.549. The number of hydrogen-bond donors (Lipinski definition) is 0. The van der Waals surface area contributed by atoms with E-state index in [9.17, 15) is 0 Å². The summed E-state index contributed by atoms with van der Waals surface area (Å²) in [6.07, 6.45) is 0. The van der Waals surface area contributed by atoms with Gasteiger partial charge in [0.25, 0.3) is 0 Å². The van der Waals surface area contributed by atoms with Crippen LogP contribution >= 0.6 is 11.6 Å². The summed E-state index contributed by atoms with van der Waals surface area (Å²) in [7, 11) is 0. The van der Waals surface area contributed by atoms with Crippen molar-refractivity contribution >= 4 is 11.6 Å². The smallest absolute Gasteiger partial charge is 0.406 e. The topological polar surface area (TPSA) is 0 Å². The molecule has 0 atom stereocenters. The third kappa shape index (κ3) is 20.3. The molecule has 28 valence electrons. The second-order valence-electron chi connectivity index (χ2n) is 0.134. The van der Waals surface area contributed by atoms with Gasteiger partial charge in [-0.3, -0.25) is 6.58 Å². The maximum Gasteiger partial charge on any atom is 1.00 e. The van der Waals surface area contributed by atoms with E-state index < -0.39 is 0 Å². The van der Waals surface area contributed by atoms with Gasteiger partial charge in [0.05, 0.1) is 0 Å². The van der Waals surface area contributed by atoms with Crippen molar-refractivity contribution in [3.8, 4) is 0 Å². The third-order valence-electron chi connectivity index (χ3n) is 0. The van der Waals surface area contributed by atoms with E-state index in [2.05, 4.69) is 18.2 Å². The van der Waals surface area contributed by atoms with Crippen LogP contribution in [0.5, 0.6) is 0 Å². The van der Waals surface area contributed by atoms with Gasteiger partial charge in [0.1, 0.15) is 0 Å². The standard InChI is InChI=1S/C2H2Cl.Cu/c1-2-3;/h1H2;/q-1;+1. The molecule has 0 aromatic carbocycles. The van der Waals surface area contributed by atoms with Crippen molar-refractivity contribution in [2.45, 2.75) is 0 Å². The van der Waals surface area contributed by atoms with E-state index in [0.29, 0.717) is 0 Å². The molecule has 0 rings (SSSR count). The Morgan fingerprint density at radius 1 is 1.75 bits per heavy atom. The summed E-state index contributed by atoms with van der Waals surface area (Å²) in [5.41, 5.74) is 1.97. The van der Waals surface area contributed by atoms with Crippen molar-refractivity contribution in [3.63, 3.8) is 0 Å². The summed E-state index contributed by atoms with van der Waals surface area (Å²) >= 11 is 4.64.